The van der Waals surface area contributed by atoms with Crippen LogP contribution in [0.4, 0.5) is 0 Å². The van der Waals surface area contributed by atoms with Crippen molar-refractivity contribution in [1.29, 1.82) is 5.26 Å². The summed E-state index contributed by atoms with van der Waals surface area (Å²) in [5.74, 6) is 0.149. The molecule has 0 N–H and O–H groups in total. The highest BCUT2D eigenvalue weighted by molar-refractivity contribution is 7.20. The summed E-state index contributed by atoms with van der Waals surface area (Å²) in [6.45, 7) is 4.27. The van der Waals surface area contributed by atoms with Gasteiger partial charge in [-0.25, -0.2) is 0 Å². The van der Waals surface area contributed by atoms with Gasteiger partial charge in [-0.3, -0.25) is 9.69 Å². The molecule has 4 nitrogen and oxygen atoms in total. The van der Waals surface area contributed by atoms with E-state index >= 15 is 0 Å². The Hall–Kier alpha value is -2.68. The minimum absolute atomic E-state index is 0.149. The van der Waals surface area contributed by atoms with Gasteiger partial charge >= 0.3 is 0 Å². The van der Waals surface area contributed by atoms with Gasteiger partial charge in [-0.1, -0.05) is 30.3 Å². The summed E-state index contributed by atoms with van der Waals surface area (Å²) in [6.07, 6.45) is 0.979. The van der Waals surface area contributed by atoms with Crippen LogP contribution in [0.15, 0.2) is 54.6 Å². The Morgan fingerprint density at radius 1 is 1.04 bits per heavy atom. The van der Waals surface area contributed by atoms with Crippen molar-refractivity contribution in [3.8, 4) is 6.07 Å². The molecule has 0 bridgehead atoms. The van der Waals surface area contributed by atoms with Gasteiger partial charge in [0.2, 0.25) is 0 Å². The predicted octanol–water partition coefficient (Wildman–Crippen LogP) is 4.12. The van der Waals surface area contributed by atoms with Crippen molar-refractivity contribution in [2.24, 2.45) is 0 Å². The summed E-state index contributed by atoms with van der Waals surface area (Å²) in [5.41, 5.74) is 1.90. The molecular formula is C22H21N3OS. The van der Waals surface area contributed by atoms with Gasteiger partial charge in [0, 0.05) is 37.4 Å². The Kier molecular flexibility index (Phi) is 5.19. The fourth-order valence-electron chi connectivity index (χ4n) is 3.52. The maximum atomic E-state index is 12.9. The Balaban J connectivity index is 1.40. The molecule has 0 spiro atoms. The zero-order chi connectivity index (χ0) is 18.6. The third-order valence-electron chi connectivity index (χ3n) is 5.00. The summed E-state index contributed by atoms with van der Waals surface area (Å²) >= 11 is 1.58. The fourth-order valence-corrected chi connectivity index (χ4v) is 4.55. The number of thiophene rings is 1. The number of rotatable bonds is 3. The van der Waals surface area contributed by atoms with Crippen molar-refractivity contribution < 1.29 is 4.79 Å². The lowest BCUT2D eigenvalue weighted by atomic mass is 10.1. The van der Waals surface area contributed by atoms with E-state index in [9.17, 15) is 4.79 Å². The van der Waals surface area contributed by atoms with Gasteiger partial charge in [-0.15, -0.1) is 11.3 Å². The molecule has 1 fully saturated rings. The van der Waals surface area contributed by atoms with E-state index in [4.69, 9.17) is 5.26 Å². The quantitative estimate of drug-likeness (QED) is 0.692. The van der Waals surface area contributed by atoms with Crippen LogP contribution in [0.5, 0.6) is 0 Å². The highest BCUT2D eigenvalue weighted by Crippen LogP contribution is 2.26. The lowest BCUT2D eigenvalue weighted by Gasteiger charge is -2.21. The lowest BCUT2D eigenvalue weighted by molar-refractivity contribution is 0.0766. The summed E-state index contributed by atoms with van der Waals surface area (Å²) in [7, 11) is 0. The smallest absolute Gasteiger partial charge is 0.264 e. The molecule has 1 saturated heterocycles. The zero-order valence-electron chi connectivity index (χ0n) is 15.1. The summed E-state index contributed by atoms with van der Waals surface area (Å²) < 4.78 is 1.16. The van der Waals surface area contributed by atoms with E-state index in [1.165, 1.54) is 5.56 Å². The maximum Gasteiger partial charge on any atom is 0.264 e. The molecule has 5 heteroatoms. The van der Waals surface area contributed by atoms with Crippen molar-refractivity contribution in [1.82, 2.24) is 9.80 Å². The van der Waals surface area contributed by atoms with Crippen molar-refractivity contribution in [3.63, 3.8) is 0 Å². The van der Waals surface area contributed by atoms with Gasteiger partial charge in [0.1, 0.15) is 0 Å². The second-order valence-corrected chi connectivity index (χ2v) is 7.96. The molecule has 0 atom stereocenters. The topological polar surface area (TPSA) is 47.3 Å². The normalized spacial score (nSPS) is 15.4. The molecular weight excluding hydrogens is 354 g/mol. The van der Waals surface area contributed by atoms with E-state index in [-0.39, 0.29) is 5.91 Å². The SMILES string of the molecule is N#Cc1ccc(CN2CCCN(C(=O)c3cc4ccccc4s3)CC2)cc1. The van der Waals surface area contributed by atoms with E-state index in [1.54, 1.807) is 11.3 Å². The highest BCUT2D eigenvalue weighted by atomic mass is 32.1. The van der Waals surface area contributed by atoms with Crippen LogP contribution in [-0.2, 0) is 6.54 Å². The molecule has 0 radical (unpaired) electrons. The summed E-state index contributed by atoms with van der Waals surface area (Å²) in [4.78, 5) is 18.2. The Morgan fingerprint density at radius 2 is 1.85 bits per heavy atom. The molecule has 1 aliphatic rings. The number of amides is 1. The van der Waals surface area contributed by atoms with Gasteiger partial charge in [0.05, 0.1) is 16.5 Å². The molecule has 1 amide bonds. The van der Waals surface area contributed by atoms with Crippen molar-refractivity contribution >= 4 is 27.3 Å². The summed E-state index contributed by atoms with van der Waals surface area (Å²) in [6, 6.07) is 20.1. The first-order chi connectivity index (χ1) is 13.2. The molecule has 1 aliphatic heterocycles. The van der Waals surface area contributed by atoms with E-state index in [1.807, 2.05) is 47.4 Å². The lowest BCUT2D eigenvalue weighted by Crippen LogP contribution is -2.34. The fraction of sp³-hybridized carbons (Fsp3) is 0.273. The van der Waals surface area contributed by atoms with E-state index in [0.717, 1.165) is 54.1 Å². The van der Waals surface area contributed by atoms with Crippen LogP contribution in [0.25, 0.3) is 10.1 Å². The second kappa shape index (κ2) is 7.91. The predicted molar refractivity (Wildman–Crippen MR) is 109 cm³/mol. The van der Waals surface area contributed by atoms with Crippen molar-refractivity contribution in [3.05, 3.63) is 70.6 Å². The standard InChI is InChI=1S/C22H21N3OS/c23-15-17-6-8-18(9-7-17)16-24-10-3-11-25(13-12-24)22(26)21-14-19-4-1-2-5-20(19)27-21/h1-2,4-9,14H,3,10-13,16H2. The van der Waals surface area contributed by atoms with Crippen LogP contribution in [-0.4, -0.2) is 41.9 Å². The molecule has 2 aromatic carbocycles. The Morgan fingerprint density at radius 3 is 2.63 bits per heavy atom. The number of nitriles is 1. The maximum absolute atomic E-state index is 12.9. The average molecular weight is 375 g/mol. The number of carbonyl (C=O) groups is 1. The van der Waals surface area contributed by atoms with Crippen molar-refractivity contribution in [2.75, 3.05) is 26.2 Å². The average Bonchev–Trinajstić information content (AvgIpc) is 3.01. The molecule has 0 aliphatic carbocycles. The third-order valence-corrected chi connectivity index (χ3v) is 6.11. The van der Waals surface area contributed by atoms with Crippen LogP contribution < -0.4 is 0 Å². The van der Waals surface area contributed by atoms with E-state index in [2.05, 4.69) is 23.1 Å². The minimum Gasteiger partial charge on any atom is -0.337 e. The molecule has 0 unspecified atom stereocenters. The number of carbonyl (C=O) groups excluding carboxylic acids is 1. The Bertz CT molecular complexity index is 954. The van der Waals surface area contributed by atoms with E-state index in [0.29, 0.717) is 5.56 Å². The van der Waals surface area contributed by atoms with Crippen LogP contribution in [0.2, 0.25) is 0 Å². The monoisotopic (exact) mass is 375 g/mol. The molecule has 3 aromatic rings. The number of hydrogen-bond acceptors (Lipinski definition) is 4. The van der Waals surface area contributed by atoms with Crippen LogP contribution in [0.3, 0.4) is 0 Å². The zero-order valence-corrected chi connectivity index (χ0v) is 15.9. The first-order valence-electron chi connectivity index (χ1n) is 9.22. The molecule has 136 valence electrons. The molecule has 27 heavy (non-hydrogen) atoms. The molecule has 1 aromatic heterocycles. The van der Waals surface area contributed by atoms with Gasteiger partial charge < -0.3 is 4.90 Å². The van der Waals surface area contributed by atoms with Crippen LogP contribution in [0.1, 0.15) is 27.2 Å². The molecule has 4 rings (SSSR count). The second-order valence-electron chi connectivity index (χ2n) is 6.88. The van der Waals surface area contributed by atoms with Gasteiger partial charge in [0.15, 0.2) is 0 Å². The number of fused-ring (bicyclic) bond motifs is 1. The number of benzene rings is 2. The third kappa shape index (κ3) is 4.02. The van der Waals surface area contributed by atoms with Gasteiger partial charge in [-0.2, -0.15) is 5.26 Å². The highest BCUT2D eigenvalue weighted by Gasteiger charge is 2.21. The largest absolute Gasteiger partial charge is 0.337 e. The molecule has 0 saturated carbocycles. The molecule has 2 heterocycles. The minimum atomic E-state index is 0.149. The van der Waals surface area contributed by atoms with Gasteiger partial charge in [-0.05, 0) is 41.6 Å². The van der Waals surface area contributed by atoms with Crippen molar-refractivity contribution in [2.45, 2.75) is 13.0 Å². The number of hydrogen-bond donors (Lipinski definition) is 0. The first kappa shape index (κ1) is 17.7. The summed E-state index contributed by atoms with van der Waals surface area (Å²) in [5, 5.41) is 10.1. The van der Waals surface area contributed by atoms with Gasteiger partial charge in [0.25, 0.3) is 5.91 Å². The Labute approximate surface area is 163 Å². The van der Waals surface area contributed by atoms with Crippen LogP contribution >= 0.6 is 11.3 Å². The number of nitrogens with zero attached hydrogens (tertiary/aromatic N) is 3. The first-order valence-corrected chi connectivity index (χ1v) is 10.0. The van der Waals surface area contributed by atoms with E-state index < -0.39 is 0 Å². The van der Waals surface area contributed by atoms with Crippen LogP contribution in [0, 0.1) is 11.3 Å².